The summed E-state index contributed by atoms with van der Waals surface area (Å²) in [6.07, 6.45) is -0.656. The summed E-state index contributed by atoms with van der Waals surface area (Å²) in [4.78, 5) is 28.2. The van der Waals surface area contributed by atoms with Crippen molar-refractivity contribution in [1.82, 2.24) is 4.98 Å². The number of ether oxygens (including phenoxy) is 1. The number of amides is 1. The molecule has 0 fully saturated rings. The lowest BCUT2D eigenvalue weighted by Crippen LogP contribution is -2.30. The predicted molar refractivity (Wildman–Crippen MR) is 92.9 cm³/mol. The van der Waals surface area contributed by atoms with Crippen LogP contribution in [0.3, 0.4) is 0 Å². The number of anilines is 1. The Balaban J connectivity index is 1.48. The van der Waals surface area contributed by atoms with Gasteiger partial charge in [0.2, 0.25) is 0 Å². The molecule has 3 aromatic rings. The number of esters is 1. The molecule has 0 saturated carbocycles. The molecule has 0 bridgehead atoms. The van der Waals surface area contributed by atoms with E-state index in [2.05, 4.69) is 10.3 Å². The van der Waals surface area contributed by atoms with Gasteiger partial charge in [-0.15, -0.1) is 0 Å². The maximum atomic E-state index is 12.9. The summed E-state index contributed by atoms with van der Waals surface area (Å²) in [5.41, 5.74) is 1.80. The number of halogens is 1. The molecule has 1 amide bonds. The Kier molecular flexibility index (Phi) is 5.26. The quantitative estimate of drug-likeness (QED) is 0.684. The highest BCUT2D eigenvalue weighted by molar-refractivity contribution is 5.95. The molecule has 1 N–H and O–H groups in total. The van der Waals surface area contributed by atoms with Gasteiger partial charge in [0.25, 0.3) is 5.91 Å². The van der Waals surface area contributed by atoms with Crippen LogP contribution >= 0.6 is 0 Å². The summed E-state index contributed by atoms with van der Waals surface area (Å²) >= 11 is 0. The molecule has 0 spiro atoms. The van der Waals surface area contributed by atoms with E-state index in [1.54, 1.807) is 6.07 Å². The number of rotatable bonds is 6. The van der Waals surface area contributed by atoms with Gasteiger partial charge in [-0.3, -0.25) is 9.59 Å². The van der Waals surface area contributed by atoms with E-state index in [-0.39, 0.29) is 12.8 Å². The van der Waals surface area contributed by atoms with E-state index >= 15 is 0 Å². The SMILES string of the molecule is C[C@H](OC(=O)CCc1nc2ccccc2o1)C(=O)Nc1ccc(F)cc1. The molecule has 0 aliphatic heterocycles. The van der Waals surface area contributed by atoms with Crippen molar-refractivity contribution in [1.29, 1.82) is 0 Å². The van der Waals surface area contributed by atoms with Crippen LogP contribution in [0.2, 0.25) is 0 Å². The van der Waals surface area contributed by atoms with Crippen molar-refractivity contribution < 1.29 is 23.1 Å². The number of fused-ring (bicyclic) bond motifs is 1. The number of oxazole rings is 1. The molecule has 6 nitrogen and oxygen atoms in total. The molecule has 0 aliphatic carbocycles. The Morgan fingerprint density at radius 3 is 2.65 bits per heavy atom. The second-order valence-corrected chi connectivity index (χ2v) is 5.70. The lowest BCUT2D eigenvalue weighted by molar-refractivity contribution is -0.153. The van der Waals surface area contributed by atoms with Crippen LogP contribution in [0.5, 0.6) is 0 Å². The van der Waals surface area contributed by atoms with Gasteiger partial charge in [0, 0.05) is 12.1 Å². The number of nitrogens with zero attached hydrogens (tertiary/aromatic N) is 1. The normalized spacial score (nSPS) is 11.9. The first-order chi connectivity index (χ1) is 12.5. The third-order valence-corrected chi connectivity index (χ3v) is 3.67. The first kappa shape index (κ1) is 17.6. The minimum atomic E-state index is -0.976. The van der Waals surface area contributed by atoms with Crippen LogP contribution in [0.4, 0.5) is 10.1 Å². The zero-order valence-electron chi connectivity index (χ0n) is 14.1. The average Bonchev–Trinajstić information content (AvgIpc) is 3.05. The fraction of sp³-hybridized carbons (Fsp3) is 0.211. The zero-order valence-corrected chi connectivity index (χ0v) is 14.1. The topological polar surface area (TPSA) is 81.4 Å². The minimum Gasteiger partial charge on any atom is -0.453 e. The number of benzene rings is 2. The van der Waals surface area contributed by atoms with Crippen molar-refractivity contribution in [2.75, 3.05) is 5.32 Å². The van der Waals surface area contributed by atoms with Gasteiger partial charge in [0.1, 0.15) is 11.3 Å². The average molecular weight is 356 g/mol. The molecule has 2 aromatic carbocycles. The van der Waals surface area contributed by atoms with E-state index < -0.39 is 23.8 Å². The third kappa shape index (κ3) is 4.44. The number of carbonyl (C=O) groups excluding carboxylic acids is 2. The summed E-state index contributed by atoms with van der Waals surface area (Å²) in [6.45, 7) is 1.47. The number of hydrogen-bond acceptors (Lipinski definition) is 5. The van der Waals surface area contributed by atoms with Crippen molar-refractivity contribution >= 4 is 28.7 Å². The van der Waals surface area contributed by atoms with Crippen LogP contribution in [-0.2, 0) is 20.7 Å². The van der Waals surface area contributed by atoms with Gasteiger partial charge < -0.3 is 14.5 Å². The van der Waals surface area contributed by atoms with E-state index in [1.165, 1.54) is 31.2 Å². The molecule has 0 radical (unpaired) electrons. The number of para-hydroxylation sites is 2. The Hall–Kier alpha value is -3.22. The number of aryl methyl sites for hydroxylation is 1. The van der Waals surface area contributed by atoms with Gasteiger partial charge in [-0.05, 0) is 43.3 Å². The van der Waals surface area contributed by atoms with Crippen LogP contribution in [0.1, 0.15) is 19.2 Å². The minimum absolute atomic E-state index is 0.0426. The van der Waals surface area contributed by atoms with Crippen molar-refractivity contribution in [3.63, 3.8) is 0 Å². The molecule has 0 saturated heterocycles. The van der Waals surface area contributed by atoms with Crippen molar-refractivity contribution in [3.05, 3.63) is 60.2 Å². The molecule has 26 heavy (non-hydrogen) atoms. The molecular formula is C19H17FN2O4. The molecule has 1 heterocycles. The molecule has 0 unspecified atom stereocenters. The fourth-order valence-electron chi connectivity index (χ4n) is 2.32. The van der Waals surface area contributed by atoms with Gasteiger partial charge in [0.15, 0.2) is 17.6 Å². The van der Waals surface area contributed by atoms with Crippen LogP contribution in [0, 0.1) is 5.82 Å². The predicted octanol–water partition coefficient (Wildman–Crippen LogP) is 3.47. The lowest BCUT2D eigenvalue weighted by Gasteiger charge is -2.13. The van der Waals surface area contributed by atoms with Gasteiger partial charge in [0.05, 0.1) is 6.42 Å². The second kappa shape index (κ2) is 7.77. The number of hydrogen-bond donors (Lipinski definition) is 1. The van der Waals surface area contributed by atoms with Crippen molar-refractivity contribution in [2.24, 2.45) is 0 Å². The smallest absolute Gasteiger partial charge is 0.307 e. The van der Waals surface area contributed by atoms with Crippen molar-refractivity contribution in [2.45, 2.75) is 25.9 Å². The fourth-order valence-corrected chi connectivity index (χ4v) is 2.32. The van der Waals surface area contributed by atoms with E-state index in [1.807, 2.05) is 18.2 Å². The Bertz CT molecular complexity index is 888. The summed E-state index contributed by atoms with van der Waals surface area (Å²) in [5, 5.41) is 2.55. The Morgan fingerprint density at radius 2 is 1.92 bits per heavy atom. The second-order valence-electron chi connectivity index (χ2n) is 5.70. The van der Waals surface area contributed by atoms with Crippen LogP contribution in [0.25, 0.3) is 11.1 Å². The van der Waals surface area contributed by atoms with Gasteiger partial charge in [-0.2, -0.15) is 0 Å². The highest BCUT2D eigenvalue weighted by Gasteiger charge is 2.18. The largest absolute Gasteiger partial charge is 0.453 e. The standard InChI is InChI=1S/C19H17FN2O4/c1-12(19(24)21-14-8-6-13(20)7-9-14)25-18(23)11-10-17-22-15-4-2-3-5-16(15)26-17/h2-9,12H,10-11H2,1H3,(H,21,24)/t12-/m0/s1. The molecular weight excluding hydrogens is 339 g/mol. The summed E-state index contributed by atoms with van der Waals surface area (Å²) in [5.74, 6) is -0.992. The van der Waals surface area contributed by atoms with Gasteiger partial charge >= 0.3 is 5.97 Å². The summed E-state index contributed by atoms with van der Waals surface area (Å²) in [6, 6.07) is 12.6. The van der Waals surface area contributed by atoms with Crippen molar-refractivity contribution in [3.8, 4) is 0 Å². The molecule has 134 valence electrons. The summed E-state index contributed by atoms with van der Waals surface area (Å²) < 4.78 is 23.5. The van der Waals surface area contributed by atoms with E-state index in [4.69, 9.17) is 9.15 Å². The Labute approximate surface area is 149 Å². The van der Waals surface area contributed by atoms with E-state index in [9.17, 15) is 14.0 Å². The van der Waals surface area contributed by atoms with E-state index in [0.717, 1.165) is 5.52 Å². The van der Waals surface area contributed by atoms with Gasteiger partial charge in [-0.25, -0.2) is 9.37 Å². The molecule has 1 aromatic heterocycles. The molecule has 3 rings (SSSR count). The van der Waals surface area contributed by atoms with E-state index in [0.29, 0.717) is 17.2 Å². The maximum Gasteiger partial charge on any atom is 0.307 e. The zero-order chi connectivity index (χ0) is 18.5. The third-order valence-electron chi connectivity index (χ3n) is 3.67. The number of aromatic nitrogens is 1. The lowest BCUT2D eigenvalue weighted by atomic mass is 10.3. The number of nitrogens with one attached hydrogen (secondary N) is 1. The Morgan fingerprint density at radius 1 is 1.19 bits per heavy atom. The van der Waals surface area contributed by atoms with Crippen LogP contribution in [-0.4, -0.2) is 23.0 Å². The molecule has 0 aliphatic rings. The number of carbonyl (C=O) groups is 2. The van der Waals surface area contributed by atoms with Crippen LogP contribution in [0.15, 0.2) is 52.9 Å². The highest BCUT2D eigenvalue weighted by atomic mass is 19.1. The highest BCUT2D eigenvalue weighted by Crippen LogP contribution is 2.16. The van der Waals surface area contributed by atoms with Gasteiger partial charge in [-0.1, -0.05) is 12.1 Å². The van der Waals surface area contributed by atoms with Crippen LogP contribution < -0.4 is 5.32 Å². The maximum absolute atomic E-state index is 12.9. The molecule has 7 heteroatoms. The summed E-state index contributed by atoms with van der Waals surface area (Å²) in [7, 11) is 0. The first-order valence-electron chi connectivity index (χ1n) is 8.11. The molecule has 1 atom stereocenters. The first-order valence-corrected chi connectivity index (χ1v) is 8.11. The monoisotopic (exact) mass is 356 g/mol.